The Morgan fingerprint density at radius 2 is 2.50 bits per heavy atom. The van der Waals surface area contributed by atoms with Crippen molar-refractivity contribution in [3.8, 4) is 0 Å². The molecule has 1 aliphatic heterocycles. The van der Waals surface area contributed by atoms with Crippen molar-refractivity contribution in [3.63, 3.8) is 0 Å². The van der Waals surface area contributed by atoms with Gasteiger partial charge in [-0.25, -0.2) is 0 Å². The first-order chi connectivity index (χ1) is 5.72. The number of amides is 1. The lowest BCUT2D eigenvalue weighted by Gasteiger charge is -2.13. The van der Waals surface area contributed by atoms with Crippen LogP contribution < -0.4 is 5.32 Å². The van der Waals surface area contributed by atoms with Crippen LogP contribution in [0.3, 0.4) is 0 Å². The predicted molar refractivity (Wildman–Crippen MR) is 46.8 cm³/mol. The smallest absolute Gasteiger partial charge is 0.220 e. The van der Waals surface area contributed by atoms with Gasteiger partial charge in [-0.3, -0.25) is 4.79 Å². The van der Waals surface area contributed by atoms with Gasteiger partial charge in [0.05, 0.1) is 0 Å². The second-order valence-electron chi connectivity index (χ2n) is 3.67. The van der Waals surface area contributed by atoms with Crippen LogP contribution in [0.25, 0.3) is 0 Å². The summed E-state index contributed by atoms with van der Waals surface area (Å²) in [6.07, 6.45) is 1.79. The second kappa shape index (κ2) is 4.45. The highest BCUT2D eigenvalue weighted by atomic mass is 16.5. The first-order valence-electron chi connectivity index (χ1n) is 4.48. The molecule has 12 heavy (non-hydrogen) atoms. The Bertz CT molecular complexity index is 159. The number of methoxy groups -OCH3 is 1. The topological polar surface area (TPSA) is 38.3 Å². The lowest BCUT2D eigenvalue weighted by atomic mass is 9.96. The molecule has 1 saturated heterocycles. The third-order valence-corrected chi connectivity index (χ3v) is 2.25. The summed E-state index contributed by atoms with van der Waals surface area (Å²) in [6, 6.07) is 0. The van der Waals surface area contributed by atoms with E-state index in [0.717, 1.165) is 19.6 Å². The normalized spacial score (nSPS) is 25.5. The van der Waals surface area contributed by atoms with E-state index >= 15 is 0 Å². The summed E-state index contributed by atoms with van der Waals surface area (Å²) in [5.74, 6) is 1.29. The zero-order valence-corrected chi connectivity index (χ0v) is 7.80. The van der Waals surface area contributed by atoms with Crippen LogP contribution in [0.15, 0.2) is 0 Å². The van der Waals surface area contributed by atoms with Gasteiger partial charge in [0.1, 0.15) is 0 Å². The van der Waals surface area contributed by atoms with E-state index in [4.69, 9.17) is 4.74 Å². The summed E-state index contributed by atoms with van der Waals surface area (Å²) < 4.78 is 5.04. The van der Waals surface area contributed by atoms with Crippen LogP contribution in [-0.4, -0.2) is 26.2 Å². The van der Waals surface area contributed by atoms with Crippen LogP contribution >= 0.6 is 0 Å². The van der Waals surface area contributed by atoms with Gasteiger partial charge in [-0.15, -0.1) is 0 Å². The van der Waals surface area contributed by atoms with E-state index in [9.17, 15) is 4.79 Å². The van der Waals surface area contributed by atoms with Crippen LogP contribution in [0, 0.1) is 11.8 Å². The van der Waals surface area contributed by atoms with Gasteiger partial charge in [0.15, 0.2) is 0 Å². The Kier molecular flexibility index (Phi) is 3.53. The Labute approximate surface area is 73.5 Å². The maximum atomic E-state index is 10.9. The molecule has 2 atom stereocenters. The predicted octanol–water partition coefficient (Wildman–Crippen LogP) is 0.795. The summed E-state index contributed by atoms with van der Waals surface area (Å²) >= 11 is 0. The van der Waals surface area contributed by atoms with Gasteiger partial charge in [-0.05, 0) is 18.3 Å². The van der Waals surface area contributed by atoms with Crippen LogP contribution in [-0.2, 0) is 9.53 Å². The van der Waals surface area contributed by atoms with Crippen LogP contribution in [0.1, 0.15) is 19.8 Å². The molecule has 0 radical (unpaired) electrons. The molecule has 1 amide bonds. The highest BCUT2D eigenvalue weighted by molar-refractivity contribution is 5.78. The van der Waals surface area contributed by atoms with Crippen LogP contribution in [0.5, 0.6) is 0 Å². The van der Waals surface area contributed by atoms with Gasteiger partial charge in [0.25, 0.3) is 0 Å². The Morgan fingerprint density at radius 3 is 3.00 bits per heavy atom. The largest absolute Gasteiger partial charge is 0.384 e. The Morgan fingerprint density at radius 1 is 1.75 bits per heavy atom. The third kappa shape index (κ3) is 2.81. The fourth-order valence-electron chi connectivity index (χ4n) is 1.75. The summed E-state index contributed by atoms with van der Waals surface area (Å²) in [4.78, 5) is 10.9. The maximum absolute atomic E-state index is 10.9. The molecular weight excluding hydrogens is 154 g/mol. The summed E-state index contributed by atoms with van der Waals surface area (Å²) in [5.41, 5.74) is 0. The van der Waals surface area contributed by atoms with E-state index in [1.807, 2.05) is 0 Å². The molecule has 0 saturated carbocycles. The molecule has 0 aromatic carbocycles. The van der Waals surface area contributed by atoms with Crippen molar-refractivity contribution < 1.29 is 9.53 Å². The standard InChI is InChI=1S/C9H17NO2/c1-7(6-12-2)3-8-4-9(11)10-5-8/h7-8H,3-6H2,1-2H3,(H,10,11)/t7-,8?/m0/s1. The van der Waals surface area contributed by atoms with Gasteiger partial charge in [-0.1, -0.05) is 6.92 Å². The van der Waals surface area contributed by atoms with Crippen molar-refractivity contribution in [1.29, 1.82) is 0 Å². The highest BCUT2D eigenvalue weighted by Crippen LogP contribution is 2.18. The SMILES string of the molecule is COC[C@@H](C)CC1CNC(=O)C1. The third-order valence-electron chi connectivity index (χ3n) is 2.25. The number of hydrogen-bond acceptors (Lipinski definition) is 2. The van der Waals surface area contributed by atoms with Gasteiger partial charge >= 0.3 is 0 Å². The fraction of sp³-hybridized carbons (Fsp3) is 0.889. The summed E-state index contributed by atoms with van der Waals surface area (Å²) in [7, 11) is 1.72. The van der Waals surface area contributed by atoms with Gasteiger partial charge in [0, 0.05) is 26.7 Å². The molecule has 1 fully saturated rings. The van der Waals surface area contributed by atoms with Gasteiger partial charge in [-0.2, -0.15) is 0 Å². The van der Waals surface area contributed by atoms with E-state index in [2.05, 4.69) is 12.2 Å². The van der Waals surface area contributed by atoms with Crippen LogP contribution in [0.2, 0.25) is 0 Å². The molecule has 3 nitrogen and oxygen atoms in total. The molecule has 0 aromatic heterocycles. The summed E-state index contributed by atoms with van der Waals surface area (Å²) in [6.45, 7) is 3.81. The van der Waals surface area contributed by atoms with Crippen molar-refractivity contribution in [2.24, 2.45) is 11.8 Å². The van der Waals surface area contributed by atoms with Crippen molar-refractivity contribution in [3.05, 3.63) is 0 Å². The molecule has 0 aliphatic carbocycles. The van der Waals surface area contributed by atoms with Crippen molar-refractivity contribution in [2.75, 3.05) is 20.3 Å². The highest BCUT2D eigenvalue weighted by Gasteiger charge is 2.22. The van der Waals surface area contributed by atoms with Gasteiger partial charge < -0.3 is 10.1 Å². The first kappa shape index (κ1) is 9.52. The molecule has 1 aliphatic rings. The van der Waals surface area contributed by atoms with Crippen molar-refractivity contribution in [1.82, 2.24) is 5.32 Å². The zero-order chi connectivity index (χ0) is 8.97. The number of hydrogen-bond donors (Lipinski definition) is 1. The van der Waals surface area contributed by atoms with Crippen LogP contribution in [0.4, 0.5) is 0 Å². The molecule has 1 rings (SSSR count). The van der Waals surface area contributed by atoms with E-state index in [1.54, 1.807) is 7.11 Å². The van der Waals surface area contributed by atoms with Crippen molar-refractivity contribution in [2.45, 2.75) is 19.8 Å². The van der Waals surface area contributed by atoms with E-state index < -0.39 is 0 Å². The molecule has 1 N–H and O–H groups in total. The molecule has 3 heteroatoms. The monoisotopic (exact) mass is 171 g/mol. The summed E-state index contributed by atoms with van der Waals surface area (Å²) in [5, 5.41) is 2.84. The molecule has 0 aromatic rings. The number of carbonyl (C=O) groups is 1. The minimum Gasteiger partial charge on any atom is -0.384 e. The molecule has 0 spiro atoms. The minimum absolute atomic E-state index is 0.199. The second-order valence-corrected chi connectivity index (χ2v) is 3.67. The molecular formula is C9H17NO2. The lowest BCUT2D eigenvalue weighted by molar-refractivity contribution is -0.119. The first-order valence-corrected chi connectivity index (χ1v) is 4.48. The molecule has 0 bridgehead atoms. The van der Waals surface area contributed by atoms with Gasteiger partial charge in [0.2, 0.25) is 5.91 Å². The number of ether oxygens (including phenoxy) is 1. The quantitative estimate of drug-likeness (QED) is 0.679. The number of nitrogens with one attached hydrogen (secondary N) is 1. The minimum atomic E-state index is 0.199. The van der Waals surface area contributed by atoms with E-state index in [-0.39, 0.29) is 5.91 Å². The van der Waals surface area contributed by atoms with Crippen molar-refractivity contribution >= 4 is 5.91 Å². The number of carbonyl (C=O) groups excluding carboxylic acids is 1. The molecule has 1 unspecified atom stereocenters. The average molecular weight is 171 g/mol. The fourth-order valence-corrected chi connectivity index (χ4v) is 1.75. The Hall–Kier alpha value is -0.570. The Balaban J connectivity index is 2.18. The zero-order valence-electron chi connectivity index (χ0n) is 7.80. The maximum Gasteiger partial charge on any atom is 0.220 e. The lowest BCUT2D eigenvalue weighted by Crippen LogP contribution is -2.15. The van der Waals surface area contributed by atoms with E-state index in [0.29, 0.717) is 18.3 Å². The number of rotatable bonds is 4. The molecule has 70 valence electrons. The molecule has 1 heterocycles. The van der Waals surface area contributed by atoms with E-state index in [1.165, 1.54) is 0 Å². The average Bonchev–Trinajstić information content (AvgIpc) is 2.36.